The summed E-state index contributed by atoms with van der Waals surface area (Å²) in [6, 6.07) is 23.4. The third-order valence-electron chi connectivity index (χ3n) is 5.84. The maximum atomic E-state index is 12.8. The summed E-state index contributed by atoms with van der Waals surface area (Å²) in [7, 11) is 0. The molecular weight excluding hydrogens is 518 g/mol. The Hall–Kier alpha value is -3.94. The van der Waals surface area contributed by atoms with Crippen molar-refractivity contribution in [3.05, 3.63) is 106 Å². The summed E-state index contributed by atoms with van der Waals surface area (Å²) in [5.41, 5.74) is 4.98. The first-order chi connectivity index (χ1) is 18.6. The lowest BCUT2D eigenvalue weighted by molar-refractivity contribution is 0.0532. The molecule has 0 unspecified atom stereocenters. The number of hydrogen-bond donors (Lipinski definition) is 0. The van der Waals surface area contributed by atoms with Crippen LogP contribution in [-0.4, -0.2) is 27.1 Å². The minimum Gasteiger partial charge on any atom is -0.489 e. The first kappa shape index (κ1) is 25.7. The molecule has 38 heavy (non-hydrogen) atoms. The number of fused-ring (bicyclic) bond motifs is 1. The average Bonchev–Trinajstić information content (AvgIpc) is 3.56. The molecule has 192 valence electrons. The molecular formula is C30H26ClN3O3S. The van der Waals surface area contributed by atoms with E-state index in [1.165, 1.54) is 11.3 Å². The number of allylic oxidation sites excluding steroid dienone is 1. The molecule has 0 saturated carbocycles. The Morgan fingerprint density at radius 1 is 1.03 bits per heavy atom. The van der Waals surface area contributed by atoms with Gasteiger partial charge in [0.25, 0.3) is 0 Å². The normalized spacial score (nSPS) is 11.6. The highest BCUT2D eigenvalue weighted by molar-refractivity contribution is 7.16. The van der Waals surface area contributed by atoms with Gasteiger partial charge in [0.05, 0.1) is 23.3 Å². The van der Waals surface area contributed by atoms with Crippen molar-refractivity contribution in [3.63, 3.8) is 0 Å². The summed E-state index contributed by atoms with van der Waals surface area (Å²) in [6.07, 6.45) is 4.63. The number of carbonyl (C=O) groups is 1. The Bertz CT molecular complexity index is 1610. The lowest BCUT2D eigenvalue weighted by Crippen LogP contribution is -2.03. The molecule has 5 rings (SSSR count). The predicted molar refractivity (Wildman–Crippen MR) is 153 cm³/mol. The van der Waals surface area contributed by atoms with Crippen LogP contribution in [0.4, 0.5) is 0 Å². The lowest BCUT2D eigenvalue weighted by Gasteiger charge is -2.12. The number of thiazole rings is 1. The molecule has 2 heterocycles. The summed E-state index contributed by atoms with van der Waals surface area (Å²) in [4.78, 5) is 22.7. The zero-order valence-corrected chi connectivity index (χ0v) is 22.6. The van der Waals surface area contributed by atoms with Crippen LogP contribution in [0.2, 0.25) is 5.02 Å². The smallest absolute Gasteiger partial charge is 0.350 e. The van der Waals surface area contributed by atoms with E-state index in [2.05, 4.69) is 18.0 Å². The van der Waals surface area contributed by atoms with Gasteiger partial charge in [-0.05, 0) is 55.3 Å². The van der Waals surface area contributed by atoms with E-state index in [0.29, 0.717) is 27.3 Å². The van der Waals surface area contributed by atoms with Gasteiger partial charge in [-0.1, -0.05) is 72.3 Å². The van der Waals surface area contributed by atoms with E-state index >= 15 is 0 Å². The third kappa shape index (κ3) is 5.49. The molecule has 3 aromatic carbocycles. The van der Waals surface area contributed by atoms with Gasteiger partial charge in [0, 0.05) is 16.1 Å². The highest BCUT2D eigenvalue weighted by Crippen LogP contribution is 2.34. The van der Waals surface area contributed by atoms with Crippen LogP contribution in [0.1, 0.15) is 41.1 Å². The monoisotopic (exact) mass is 543 g/mol. The summed E-state index contributed by atoms with van der Waals surface area (Å²) >= 11 is 7.50. The number of rotatable bonds is 9. The van der Waals surface area contributed by atoms with Gasteiger partial charge in [0.1, 0.15) is 23.6 Å². The zero-order chi connectivity index (χ0) is 26.5. The van der Waals surface area contributed by atoms with Crippen LogP contribution in [0.3, 0.4) is 0 Å². The van der Waals surface area contributed by atoms with Crippen LogP contribution in [0.5, 0.6) is 0 Å². The van der Waals surface area contributed by atoms with Crippen LogP contribution < -0.4 is 0 Å². The van der Waals surface area contributed by atoms with Crippen LogP contribution >= 0.6 is 22.9 Å². The molecule has 0 aliphatic rings. The van der Waals surface area contributed by atoms with Crippen LogP contribution in [0.15, 0.2) is 85.2 Å². The van der Waals surface area contributed by atoms with Crippen LogP contribution in [0, 0.1) is 0 Å². The van der Waals surface area contributed by atoms with Gasteiger partial charge in [-0.2, -0.15) is 0 Å². The van der Waals surface area contributed by atoms with Crippen molar-refractivity contribution in [1.82, 2.24) is 14.5 Å². The van der Waals surface area contributed by atoms with Crippen molar-refractivity contribution in [2.75, 3.05) is 6.61 Å². The van der Waals surface area contributed by atoms with Gasteiger partial charge in [0.15, 0.2) is 5.13 Å². The van der Waals surface area contributed by atoms with E-state index in [0.717, 1.165) is 39.9 Å². The van der Waals surface area contributed by atoms with Crippen molar-refractivity contribution in [2.45, 2.75) is 26.9 Å². The first-order valence-corrected chi connectivity index (χ1v) is 13.6. The van der Waals surface area contributed by atoms with Gasteiger partial charge in [-0.25, -0.2) is 14.8 Å². The summed E-state index contributed by atoms with van der Waals surface area (Å²) < 4.78 is 13.4. The predicted octanol–water partition coefficient (Wildman–Crippen LogP) is 7.95. The molecule has 2 aromatic heterocycles. The van der Waals surface area contributed by atoms with E-state index < -0.39 is 5.97 Å². The second-order valence-corrected chi connectivity index (χ2v) is 9.89. The maximum Gasteiger partial charge on any atom is 0.350 e. The lowest BCUT2D eigenvalue weighted by atomic mass is 10.1. The van der Waals surface area contributed by atoms with Gasteiger partial charge < -0.3 is 9.47 Å². The third-order valence-corrected chi connectivity index (χ3v) is 7.11. The van der Waals surface area contributed by atoms with E-state index in [-0.39, 0.29) is 6.61 Å². The first-order valence-electron chi connectivity index (χ1n) is 12.4. The fourth-order valence-electron chi connectivity index (χ4n) is 4.07. The Kier molecular flexibility index (Phi) is 7.86. The molecule has 0 saturated heterocycles. The van der Waals surface area contributed by atoms with E-state index in [4.69, 9.17) is 26.1 Å². The van der Waals surface area contributed by atoms with Gasteiger partial charge in [0.2, 0.25) is 0 Å². The van der Waals surface area contributed by atoms with E-state index in [9.17, 15) is 4.79 Å². The topological polar surface area (TPSA) is 66.2 Å². The number of ether oxygens (including phenoxy) is 2. The Labute approximate surface area is 230 Å². The number of carbonyl (C=O) groups excluding carboxylic acids is 1. The SMILES string of the molecule is CC/C=C(\OCc1ccccc1)c1ccc2ncn(-c3nc(-c4cccc(Cl)c4)c(C(=O)OCC)s3)c2c1. The molecule has 6 nitrogen and oxygen atoms in total. The quantitative estimate of drug-likeness (QED) is 0.139. The Morgan fingerprint density at radius 3 is 2.63 bits per heavy atom. The standard InChI is InChI=1S/C30H26ClN3O3S/c1-3-9-26(37-18-20-10-6-5-7-11-20)21-14-15-24-25(17-21)34(19-32-24)30-33-27(22-12-8-13-23(31)16-22)28(38-30)29(35)36-4-2/h5-17,19H,3-4,18H2,1-2H3/b26-9-. The number of esters is 1. The number of imidazole rings is 1. The van der Waals surface area contributed by atoms with Crippen molar-refractivity contribution in [1.29, 1.82) is 0 Å². The molecule has 0 aliphatic heterocycles. The summed E-state index contributed by atoms with van der Waals surface area (Å²) in [6.45, 7) is 4.61. The molecule has 0 bridgehead atoms. The van der Waals surface area contributed by atoms with Crippen molar-refractivity contribution >= 4 is 45.7 Å². The Morgan fingerprint density at radius 2 is 1.87 bits per heavy atom. The van der Waals surface area contributed by atoms with Gasteiger partial charge in [-0.15, -0.1) is 0 Å². The highest BCUT2D eigenvalue weighted by Gasteiger charge is 2.23. The summed E-state index contributed by atoms with van der Waals surface area (Å²) in [5, 5.41) is 1.17. The molecule has 0 N–H and O–H groups in total. The molecule has 0 atom stereocenters. The number of benzene rings is 3. The van der Waals surface area contributed by atoms with Crippen LogP contribution in [-0.2, 0) is 16.1 Å². The molecule has 0 radical (unpaired) electrons. The molecule has 0 spiro atoms. The van der Waals surface area contributed by atoms with Gasteiger partial charge in [-0.3, -0.25) is 4.57 Å². The minimum absolute atomic E-state index is 0.272. The molecule has 0 fully saturated rings. The number of aromatic nitrogens is 3. The summed E-state index contributed by atoms with van der Waals surface area (Å²) in [5.74, 6) is 0.385. The molecule has 5 aromatic rings. The Balaban J connectivity index is 1.55. The highest BCUT2D eigenvalue weighted by atomic mass is 35.5. The van der Waals surface area contributed by atoms with Crippen molar-refractivity contribution < 1.29 is 14.3 Å². The number of halogens is 1. The molecule has 0 amide bonds. The van der Waals surface area contributed by atoms with Crippen molar-refractivity contribution in [2.24, 2.45) is 0 Å². The van der Waals surface area contributed by atoms with Gasteiger partial charge >= 0.3 is 5.97 Å². The maximum absolute atomic E-state index is 12.8. The van der Waals surface area contributed by atoms with E-state index in [1.807, 2.05) is 65.2 Å². The van der Waals surface area contributed by atoms with Crippen molar-refractivity contribution in [3.8, 4) is 16.4 Å². The zero-order valence-electron chi connectivity index (χ0n) is 21.1. The number of hydrogen-bond acceptors (Lipinski definition) is 6. The minimum atomic E-state index is -0.418. The van der Waals surface area contributed by atoms with Crippen LogP contribution in [0.25, 0.3) is 33.2 Å². The molecule has 8 heteroatoms. The second kappa shape index (κ2) is 11.6. The average molecular weight is 544 g/mol. The number of nitrogens with zero attached hydrogens (tertiary/aromatic N) is 3. The fraction of sp³-hybridized carbons (Fsp3) is 0.167. The largest absolute Gasteiger partial charge is 0.489 e. The van der Waals surface area contributed by atoms with E-state index in [1.54, 1.807) is 25.4 Å². The molecule has 0 aliphatic carbocycles. The fourth-order valence-corrected chi connectivity index (χ4v) is 5.23. The second-order valence-electron chi connectivity index (χ2n) is 8.47.